The number of thiazole rings is 1. The van der Waals surface area contributed by atoms with Crippen molar-refractivity contribution < 1.29 is 13.2 Å². The fourth-order valence-electron chi connectivity index (χ4n) is 3.02. The number of carbonyl (C=O) groups excluding carboxylic acids is 1. The smallest absolute Gasteiger partial charge is 0.243 e. The van der Waals surface area contributed by atoms with E-state index >= 15 is 0 Å². The molecule has 146 valence electrons. The molecule has 1 aliphatic heterocycles. The third kappa shape index (κ3) is 4.71. The Bertz CT molecular complexity index is 932. The summed E-state index contributed by atoms with van der Waals surface area (Å²) in [5.74, 6) is 0.355. The van der Waals surface area contributed by atoms with Crippen molar-refractivity contribution in [1.82, 2.24) is 14.2 Å². The predicted molar refractivity (Wildman–Crippen MR) is 109 cm³/mol. The number of piperazine rings is 1. The number of nitrogens with zero attached hydrogens (tertiary/aromatic N) is 3. The summed E-state index contributed by atoms with van der Waals surface area (Å²) in [6.07, 6.45) is 0. The largest absolute Gasteiger partial charge is 0.339 e. The number of hydrogen-bond donors (Lipinski definition) is 0. The minimum atomic E-state index is -3.53. The normalized spacial score (nSPS) is 15.9. The maximum atomic E-state index is 12.9. The minimum absolute atomic E-state index is 0.0245. The molecule has 1 aromatic heterocycles. The highest BCUT2D eigenvalue weighted by molar-refractivity contribution is 8.01. The van der Waals surface area contributed by atoms with Crippen molar-refractivity contribution >= 4 is 39.0 Å². The van der Waals surface area contributed by atoms with Gasteiger partial charge < -0.3 is 4.90 Å². The Balaban J connectivity index is 1.58. The molecule has 0 saturated carbocycles. The van der Waals surface area contributed by atoms with Crippen molar-refractivity contribution in [2.24, 2.45) is 0 Å². The quantitative estimate of drug-likeness (QED) is 0.689. The molecule has 1 aromatic carbocycles. The first kappa shape index (κ1) is 20.3. The van der Waals surface area contributed by atoms with Gasteiger partial charge >= 0.3 is 0 Å². The molecular weight excluding hydrogens is 402 g/mol. The van der Waals surface area contributed by atoms with E-state index in [9.17, 15) is 13.2 Å². The highest BCUT2D eigenvalue weighted by atomic mass is 32.2. The molecule has 1 aliphatic rings. The van der Waals surface area contributed by atoms with Crippen LogP contribution < -0.4 is 0 Å². The number of benzene rings is 1. The van der Waals surface area contributed by atoms with Gasteiger partial charge in [0.05, 0.1) is 10.6 Å². The minimum Gasteiger partial charge on any atom is -0.339 e. The van der Waals surface area contributed by atoms with Crippen LogP contribution in [0.4, 0.5) is 0 Å². The topological polar surface area (TPSA) is 70.6 Å². The van der Waals surface area contributed by atoms with Crippen LogP contribution in [-0.4, -0.2) is 60.4 Å². The van der Waals surface area contributed by atoms with E-state index < -0.39 is 10.0 Å². The van der Waals surface area contributed by atoms with Gasteiger partial charge in [-0.15, -0.1) is 11.3 Å². The van der Waals surface area contributed by atoms with Crippen molar-refractivity contribution in [2.75, 3.05) is 31.9 Å². The van der Waals surface area contributed by atoms with E-state index in [1.54, 1.807) is 11.0 Å². The predicted octanol–water partition coefficient (Wildman–Crippen LogP) is 2.69. The second kappa shape index (κ2) is 8.30. The Morgan fingerprint density at radius 2 is 1.89 bits per heavy atom. The standard InChI is InChI=1S/C18H23N3O3S3/c1-13-4-5-16(14(2)10-13)27(23,24)21-8-6-20(7-9-21)17(22)12-26-18-19-15(3)11-25-18/h4-5,10-11H,6-9,12H2,1-3H3. The molecule has 0 bridgehead atoms. The molecule has 2 heterocycles. The first-order valence-corrected chi connectivity index (χ1v) is 12.0. The lowest BCUT2D eigenvalue weighted by molar-refractivity contribution is -0.129. The lowest BCUT2D eigenvalue weighted by Gasteiger charge is -2.34. The molecule has 0 N–H and O–H groups in total. The summed E-state index contributed by atoms with van der Waals surface area (Å²) in [4.78, 5) is 18.8. The number of hydrogen-bond acceptors (Lipinski definition) is 6. The van der Waals surface area contributed by atoms with Crippen LogP contribution in [0.3, 0.4) is 0 Å². The van der Waals surface area contributed by atoms with Gasteiger partial charge in [-0.2, -0.15) is 4.31 Å². The maximum Gasteiger partial charge on any atom is 0.243 e. The fraction of sp³-hybridized carbons (Fsp3) is 0.444. The van der Waals surface area contributed by atoms with E-state index in [2.05, 4.69) is 4.98 Å². The summed E-state index contributed by atoms with van der Waals surface area (Å²) in [6.45, 7) is 7.17. The number of aryl methyl sites for hydroxylation is 3. The third-order valence-electron chi connectivity index (χ3n) is 4.46. The summed E-state index contributed by atoms with van der Waals surface area (Å²) < 4.78 is 28.2. The average molecular weight is 426 g/mol. The summed E-state index contributed by atoms with van der Waals surface area (Å²) in [6, 6.07) is 5.37. The van der Waals surface area contributed by atoms with Gasteiger partial charge in [-0.05, 0) is 32.4 Å². The zero-order valence-corrected chi connectivity index (χ0v) is 18.1. The van der Waals surface area contributed by atoms with Crippen molar-refractivity contribution in [3.05, 3.63) is 40.4 Å². The second-order valence-electron chi connectivity index (χ2n) is 6.60. The zero-order chi connectivity index (χ0) is 19.6. The first-order valence-electron chi connectivity index (χ1n) is 8.67. The van der Waals surface area contributed by atoms with Crippen LogP contribution in [0, 0.1) is 20.8 Å². The fourth-order valence-corrected chi connectivity index (χ4v) is 6.40. The zero-order valence-electron chi connectivity index (χ0n) is 15.6. The van der Waals surface area contributed by atoms with E-state index in [4.69, 9.17) is 0 Å². The van der Waals surface area contributed by atoms with E-state index in [0.29, 0.717) is 36.8 Å². The summed E-state index contributed by atoms with van der Waals surface area (Å²) in [5.41, 5.74) is 2.75. The van der Waals surface area contributed by atoms with Gasteiger partial charge in [0.2, 0.25) is 15.9 Å². The number of rotatable bonds is 5. The summed E-state index contributed by atoms with van der Waals surface area (Å²) in [5, 5.41) is 1.96. The number of sulfonamides is 1. The molecule has 6 nitrogen and oxygen atoms in total. The Kier molecular flexibility index (Phi) is 6.25. The number of thioether (sulfide) groups is 1. The lowest BCUT2D eigenvalue weighted by atomic mass is 10.2. The monoisotopic (exact) mass is 425 g/mol. The molecule has 0 radical (unpaired) electrons. The van der Waals surface area contributed by atoms with Gasteiger partial charge in [0.15, 0.2) is 4.34 Å². The maximum absolute atomic E-state index is 12.9. The highest BCUT2D eigenvalue weighted by Crippen LogP contribution is 2.24. The van der Waals surface area contributed by atoms with Crippen molar-refractivity contribution in [3.63, 3.8) is 0 Å². The van der Waals surface area contributed by atoms with Gasteiger partial charge in [-0.25, -0.2) is 13.4 Å². The molecule has 1 fully saturated rings. The number of carbonyl (C=O) groups is 1. The molecule has 1 amide bonds. The Morgan fingerprint density at radius 1 is 1.19 bits per heavy atom. The highest BCUT2D eigenvalue weighted by Gasteiger charge is 2.31. The van der Waals surface area contributed by atoms with Gasteiger partial charge in [0.1, 0.15) is 0 Å². The molecule has 2 aromatic rings. The van der Waals surface area contributed by atoms with Gasteiger partial charge in [-0.3, -0.25) is 4.79 Å². The molecule has 0 unspecified atom stereocenters. The molecular formula is C18H23N3O3S3. The van der Waals surface area contributed by atoms with Crippen LogP contribution in [0.1, 0.15) is 16.8 Å². The summed E-state index contributed by atoms with van der Waals surface area (Å²) in [7, 11) is -3.53. The van der Waals surface area contributed by atoms with Crippen LogP contribution in [0.25, 0.3) is 0 Å². The van der Waals surface area contributed by atoms with E-state index in [0.717, 1.165) is 21.2 Å². The SMILES string of the molecule is Cc1ccc(S(=O)(=O)N2CCN(C(=O)CSc3nc(C)cs3)CC2)c(C)c1. The molecule has 0 spiro atoms. The van der Waals surface area contributed by atoms with Crippen molar-refractivity contribution in [1.29, 1.82) is 0 Å². The Labute approximate surface area is 168 Å². The van der Waals surface area contributed by atoms with E-state index in [1.807, 2.05) is 38.3 Å². The molecule has 27 heavy (non-hydrogen) atoms. The number of amides is 1. The average Bonchev–Trinajstić information content (AvgIpc) is 3.05. The molecule has 1 saturated heterocycles. The van der Waals surface area contributed by atoms with Crippen LogP contribution in [0.15, 0.2) is 32.8 Å². The molecule has 3 rings (SSSR count). The van der Waals surface area contributed by atoms with E-state index in [-0.39, 0.29) is 5.91 Å². The van der Waals surface area contributed by atoms with Gasteiger partial charge in [-0.1, -0.05) is 29.5 Å². The second-order valence-corrected chi connectivity index (χ2v) is 10.6. The Morgan fingerprint density at radius 3 is 2.48 bits per heavy atom. The van der Waals surface area contributed by atoms with Gasteiger partial charge in [0.25, 0.3) is 0 Å². The van der Waals surface area contributed by atoms with Crippen LogP contribution in [-0.2, 0) is 14.8 Å². The van der Waals surface area contributed by atoms with Crippen LogP contribution in [0.2, 0.25) is 0 Å². The van der Waals surface area contributed by atoms with Crippen LogP contribution in [0.5, 0.6) is 0 Å². The summed E-state index contributed by atoms with van der Waals surface area (Å²) >= 11 is 2.97. The Hall–Kier alpha value is -1.42. The van der Waals surface area contributed by atoms with E-state index in [1.165, 1.54) is 27.4 Å². The third-order valence-corrected chi connectivity index (χ3v) is 8.64. The molecule has 0 atom stereocenters. The lowest BCUT2D eigenvalue weighted by Crippen LogP contribution is -2.51. The molecule has 0 aliphatic carbocycles. The van der Waals surface area contributed by atoms with Crippen LogP contribution >= 0.6 is 23.1 Å². The first-order chi connectivity index (χ1) is 12.8. The van der Waals surface area contributed by atoms with Crippen molar-refractivity contribution in [2.45, 2.75) is 30.0 Å². The number of aromatic nitrogens is 1. The van der Waals surface area contributed by atoms with Crippen molar-refractivity contribution in [3.8, 4) is 0 Å². The molecule has 9 heteroatoms. The van der Waals surface area contributed by atoms with Gasteiger partial charge in [0, 0.05) is 37.3 Å².